The Labute approximate surface area is 205 Å². The number of rotatable bonds is 6. The van der Waals surface area contributed by atoms with Gasteiger partial charge in [0.1, 0.15) is 5.75 Å². The van der Waals surface area contributed by atoms with Gasteiger partial charge in [-0.2, -0.15) is 4.98 Å². The fourth-order valence-electron chi connectivity index (χ4n) is 3.46. The molecule has 0 fully saturated rings. The first kappa shape index (κ1) is 22.2. The first-order valence-corrected chi connectivity index (χ1v) is 11.8. The van der Waals surface area contributed by atoms with Crippen LogP contribution in [-0.2, 0) is 5.75 Å². The molecule has 0 radical (unpaired) electrons. The molecule has 7 nitrogen and oxygen atoms in total. The number of halogens is 1. The molecule has 5 rings (SSSR count). The number of nitrogens with zero attached hydrogens (tertiary/aromatic N) is 3. The Kier molecular flexibility index (Phi) is 6.33. The molecule has 0 saturated heterocycles. The van der Waals surface area contributed by atoms with Crippen molar-refractivity contribution in [3.05, 3.63) is 88.9 Å². The summed E-state index contributed by atoms with van der Waals surface area (Å²) in [6, 6.07) is 22.0. The number of aromatic nitrogens is 3. The van der Waals surface area contributed by atoms with Gasteiger partial charge in [-0.3, -0.25) is 4.79 Å². The number of methoxy groups -OCH3 is 1. The molecule has 4 aromatic rings. The zero-order valence-electron chi connectivity index (χ0n) is 18.1. The monoisotopic (exact) mass is 490 g/mol. The van der Waals surface area contributed by atoms with Crippen LogP contribution in [0.25, 0.3) is 11.3 Å². The van der Waals surface area contributed by atoms with E-state index in [1.165, 1.54) is 11.8 Å². The maximum Gasteiger partial charge on any atom is 0.247 e. The number of fused-ring (bicyclic) bond motifs is 3. The van der Waals surface area contributed by atoms with Gasteiger partial charge in [0.25, 0.3) is 0 Å². The molecular formula is C25H19ClN4O3S. The molecule has 1 aliphatic heterocycles. The average molecular weight is 491 g/mol. The highest BCUT2D eigenvalue weighted by Gasteiger charge is 2.30. The normalized spacial score (nSPS) is 14.1. The van der Waals surface area contributed by atoms with E-state index in [0.29, 0.717) is 38.6 Å². The molecule has 0 spiro atoms. The van der Waals surface area contributed by atoms with E-state index < -0.39 is 6.23 Å². The van der Waals surface area contributed by atoms with Crippen molar-refractivity contribution in [1.29, 1.82) is 0 Å². The molecule has 2 heterocycles. The van der Waals surface area contributed by atoms with Crippen LogP contribution in [-0.4, -0.2) is 34.3 Å². The van der Waals surface area contributed by atoms with Gasteiger partial charge >= 0.3 is 0 Å². The number of anilines is 1. The highest BCUT2D eigenvalue weighted by Crippen LogP contribution is 2.37. The Morgan fingerprint density at radius 1 is 1.06 bits per heavy atom. The second kappa shape index (κ2) is 9.70. The quantitative estimate of drug-likeness (QED) is 0.280. The number of benzene rings is 3. The standard InChI is InChI=1S/C25H19ClN4O3S/c1-32-18-12-8-16(9-13-18)22(31)24-27-20-5-3-2-4-19(20)21-23(33-24)28-25(30-29-21)34-14-15-6-10-17(26)11-7-15/h2-13,24,27H,14H2,1H3/t24-/m1/s1. The number of ether oxygens (including phenoxy) is 2. The van der Waals surface area contributed by atoms with Gasteiger partial charge < -0.3 is 14.8 Å². The Hall–Kier alpha value is -3.62. The average Bonchev–Trinajstić information content (AvgIpc) is 3.04. The number of para-hydroxylation sites is 1. The lowest BCUT2D eigenvalue weighted by Crippen LogP contribution is -2.35. The lowest BCUT2D eigenvalue weighted by molar-refractivity contribution is 0.0823. The van der Waals surface area contributed by atoms with Crippen LogP contribution < -0.4 is 14.8 Å². The predicted octanol–water partition coefficient (Wildman–Crippen LogP) is 5.51. The van der Waals surface area contributed by atoms with Crippen molar-refractivity contribution in [3.8, 4) is 22.9 Å². The molecule has 0 aliphatic carbocycles. The zero-order valence-corrected chi connectivity index (χ0v) is 19.6. The molecule has 1 atom stereocenters. The molecule has 0 unspecified atom stereocenters. The number of thioether (sulfide) groups is 1. The number of Topliss-reactive ketones (excluding diaryl/α,β-unsaturated/α-hetero) is 1. The van der Waals surface area contributed by atoms with Gasteiger partial charge in [0.05, 0.1) is 7.11 Å². The van der Waals surface area contributed by atoms with E-state index >= 15 is 0 Å². The number of nitrogens with one attached hydrogen (secondary N) is 1. The van der Waals surface area contributed by atoms with E-state index in [4.69, 9.17) is 21.1 Å². The molecule has 1 aliphatic rings. The largest absolute Gasteiger partial charge is 0.497 e. The van der Waals surface area contributed by atoms with Gasteiger partial charge in [0.15, 0.2) is 5.69 Å². The Morgan fingerprint density at radius 2 is 1.82 bits per heavy atom. The molecule has 0 saturated carbocycles. The molecule has 3 aromatic carbocycles. The third-order valence-corrected chi connectivity index (χ3v) is 6.39. The number of carbonyl (C=O) groups excluding carboxylic acids is 1. The van der Waals surface area contributed by atoms with Gasteiger partial charge in [-0.05, 0) is 48.0 Å². The first-order chi connectivity index (χ1) is 16.6. The van der Waals surface area contributed by atoms with Crippen LogP contribution >= 0.6 is 23.4 Å². The van der Waals surface area contributed by atoms with Crippen LogP contribution in [0.4, 0.5) is 5.69 Å². The smallest absolute Gasteiger partial charge is 0.247 e. The topological polar surface area (TPSA) is 86.2 Å². The van der Waals surface area contributed by atoms with Crippen molar-refractivity contribution >= 4 is 34.8 Å². The van der Waals surface area contributed by atoms with Crippen LogP contribution in [0.1, 0.15) is 15.9 Å². The molecule has 170 valence electrons. The van der Waals surface area contributed by atoms with Crippen LogP contribution in [0.2, 0.25) is 5.02 Å². The van der Waals surface area contributed by atoms with Crippen LogP contribution in [0.5, 0.6) is 11.6 Å². The molecular weight excluding hydrogens is 472 g/mol. The van der Waals surface area contributed by atoms with E-state index in [0.717, 1.165) is 11.1 Å². The van der Waals surface area contributed by atoms with Gasteiger partial charge in [0, 0.05) is 27.6 Å². The summed E-state index contributed by atoms with van der Waals surface area (Å²) in [4.78, 5) is 17.9. The van der Waals surface area contributed by atoms with Gasteiger partial charge in [-0.1, -0.05) is 53.7 Å². The number of hydrogen-bond donors (Lipinski definition) is 1. The minimum Gasteiger partial charge on any atom is -0.497 e. The fourth-order valence-corrected chi connectivity index (χ4v) is 4.32. The van der Waals surface area contributed by atoms with Crippen molar-refractivity contribution in [2.45, 2.75) is 17.1 Å². The third kappa shape index (κ3) is 4.69. The van der Waals surface area contributed by atoms with Crippen molar-refractivity contribution in [1.82, 2.24) is 15.2 Å². The summed E-state index contributed by atoms with van der Waals surface area (Å²) in [5.41, 5.74) is 3.51. The highest BCUT2D eigenvalue weighted by atomic mass is 35.5. The molecule has 0 bridgehead atoms. The van der Waals surface area contributed by atoms with Crippen molar-refractivity contribution in [3.63, 3.8) is 0 Å². The van der Waals surface area contributed by atoms with Crippen LogP contribution in [0, 0.1) is 0 Å². The highest BCUT2D eigenvalue weighted by molar-refractivity contribution is 7.98. The van der Waals surface area contributed by atoms with Crippen LogP contribution in [0.3, 0.4) is 0 Å². The minimum absolute atomic E-state index is 0.237. The van der Waals surface area contributed by atoms with Crippen molar-refractivity contribution in [2.75, 3.05) is 12.4 Å². The summed E-state index contributed by atoms with van der Waals surface area (Å²) >= 11 is 7.39. The summed E-state index contributed by atoms with van der Waals surface area (Å²) in [6.07, 6.45) is -0.985. The second-order valence-electron chi connectivity index (χ2n) is 7.44. The maximum atomic E-state index is 13.3. The molecule has 34 heavy (non-hydrogen) atoms. The molecule has 9 heteroatoms. The summed E-state index contributed by atoms with van der Waals surface area (Å²) in [6.45, 7) is 0. The second-order valence-corrected chi connectivity index (χ2v) is 8.82. The SMILES string of the molecule is COc1ccc(C(=O)[C@@H]2Nc3ccccc3-c3nnc(SCc4ccc(Cl)cc4)nc3O2)cc1. The number of carbonyl (C=O) groups is 1. The van der Waals surface area contributed by atoms with Crippen LogP contribution in [0.15, 0.2) is 78.0 Å². The number of ketones is 1. The minimum atomic E-state index is -0.985. The summed E-state index contributed by atoms with van der Waals surface area (Å²) in [5.74, 6) is 1.32. The van der Waals surface area contributed by atoms with Crippen molar-refractivity contribution in [2.24, 2.45) is 0 Å². The van der Waals surface area contributed by atoms with Gasteiger partial charge in [-0.25, -0.2) is 0 Å². The third-order valence-electron chi connectivity index (χ3n) is 5.23. The predicted molar refractivity (Wildman–Crippen MR) is 132 cm³/mol. The molecule has 0 amide bonds. The van der Waals surface area contributed by atoms with E-state index in [2.05, 4.69) is 20.5 Å². The Bertz CT molecular complexity index is 1330. The first-order valence-electron chi connectivity index (χ1n) is 10.4. The van der Waals surface area contributed by atoms with E-state index in [-0.39, 0.29) is 11.7 Å². The van der Waals surface area contributed by atoms with E-state index in [9.17, 15) is 4.79 Å². The van der Waals surface area contributed by atoms with Gasteiger partial charge in [0.2, 0.25) is 23.0 Å². The zero-order chi connectivity index (χ0) is 23.5. The summed E-state index contributed by atoms with van der Waals surface area (Å²) in [5, 5.41) is 13.0. The van der Waals surface area contributed by atoms with Gasteiger partial charge in [-0.15, -0.1) is 10.2 Å². The fraction of sp³-hybridized carbons (Fsp3) is 0.120. The Balaban J connectivity index is 1.45. The summed E-state index contributed by atoms with van der Waals surface area (Å²) < 4.78 is 11.3. The molecule has 1 N–H and O–H groups in total. The van der Waals surface area contributed by atoms with Crippen molar-refractivity contribution < 1.29 is 14.3 Å². The Morgan fingerprint density at radius 3 is 2.59 bits per heavy atom. The van der Waals surface area contributed by atoms with E-state index in [1.807, 2.05) is 48.5 Å². The summed E-state index contributed by atoms with van der Waals surface area (Å²) in [7, 11) is 1.58. The lowest BCUT2D eigenvalue weighted by Gasteiger charge is -2.18. The number of hydrogen-bond acceptors (Lipinski definition) is 8. The van der Waals surface area contributed by atoms with E-state index in [1.54, 1.807) is 31.4 Å². The molecule has 1 aromatic heterocycles. The lowest BCUT2D eigenvalue weighted by atomic mass is 10.1. The maximum absolute atomic E-state index is 13.3.